The summed E-state index contributed by atoms with van der Waals surface area (Å²) in [5.41, 5.74) is 2.37. The Hall–Kier alpha value is -2.04. The number of nitrogens with one attached hydrogen (secondary N) is 2. The van der Waals surface area contributed by atoms with Gasteiger partial charge in [0.2, 0.25) is 5.91 Å². The zero-order valence-electron chi connectivity index (χ0n) is 18.1. The lowest BCUT2D eigenvalue weighted by atomic mass is 10.0. The van der Waals surface area contributed by atoms with Gasteiger partial charge < -0.3 is 15.5 Å². The zero-order valence-corrected chi connectivity index (χ0v) is 18.1. The topological polar surface area (TPSA) is 56.7 Å². The van der Waals surface area contributed by atoms with Gasteiger partial charge in [-0.15, -0.1) is 0 Å². The number of hydrogen-bond acceptors (Lipinski definition) is 2. The Bertz CT molecular complexity index is 624. The van der Waals surface area contributed by atoms with E-state index in [-0.39, 0.29) is 5.91 Å². The van der Waals surface area contributed by atoms with E-state index in [1.807, 2.05) is 4.90 Å². The number of rotatable bonds is 10. The molecule has 0 radical (unpaired) electrons. The maximum Gasteiger partial charge on any atom is 0.222 e. The molecule has 28 heavy (non-hydrogen) atoms. The summed E-state index contributed by atoms with van der Waals surface area (Å²) in [5, 5.41) is 6.86. The molecule has 1 saturated heterocycles. The number of guanidine groups is 1. The van der Waals surface area contributed by atoms with Crippen molar-refractivity contribution in [3.63, 3.8) is 0 Å². The van der Waals surface area contributed by atoms with E-state index in [4.69, 9.17) is 4.99 Å². The smallest absolute Gasteiger partial charge is 0.222 e. The second kappa shape index (κ2) is 11.7. The van der Waals surface area contributed by atoms with E-state index in [9.17, 15) is 4.79 Å². The van der Waals surface area contributed by atoms with Gasteiger partial charge in [0.15, 0.2) is 5.96 Å². The van der Waals surface area contributed by atoms with E-state index in [1.54, 1.807) is 0 Å². The van der Waals surface area contributed by atoms with Crippen LogP contribution in [0.2, 0.25) is 0 Å². The second-order valence-electron chi connectivity index (χ2n) is 8.30. The summed E-state index contributed by atoms with van der Waals surface area (Å²) in [4.78, 5) is 18.5. The summed E-state index contributed by atoms with van der Waals surface area (Å²) in [6.07, 6.45) is 5.36. The van der Waals surface area contributed by atoms with E-state index in [1.165, 1.54) is 24.0 Å². The number of benzene rings is 1. The molecule has 156 valence electrons. The number of hydrogen-bond donors (Lipinski definition) is 2. The molecule has 5 heteroatoms. The largest absolute Gasteiger partial charge is 0.357 e. The van der Waals surface area contributed by atoms with Crippen molar-refractivity contribution in [3.8, 4) is 0 Å². The predicted octanol–water partition coefficient (Wildman–Crippen LogP) is 4.08. The van der Waals surface area contributed by atoms with Crippen molar-refractivity contribution in [2.75, 3.05) is 13.1 Å². The molecule has 0 aliphatic carbocycles. The lowest BCUT2D eigenvalue weighted by Crippen LogP contribution is -2.42. The van der Waals surface area contributed by atoms with Gasteiger partial charge in [-0.25, -0.2) is 4.99 Å². The van der Waals surface area contributed by atoms with Crippen molar-refractivity contribution in [1.29, 1.82) is 0 Å². The summed E-state index contributed by atoms with van der Waals surface area (Å²) < 4.78 is 0. The first-order valence-corrected chi connectivity index (χ1v) is 10.9. The van der Waals surface area contributed by atoms with Crippen molar-refractivity contribution < 1.29 is 4.79 Å². The Balaban J connectivity index is 1.84. The Morgan fingerprint density at radius 3 is 2.46 bits per heavy atom. The van der Waals surface area contributed by atoms with Gasteiger partial charge in [-0.2, -0.15) is 0 Å². The van der Waals surface area contributed by atoms with Crippen molar-refractivity contribution in [2.45, 2.75) is 78.9 Å². The highest BCUT2D eigenvalue weighted by Gasteiger charge is 2.19. The van der Waals surface area contributed by atoms with Crippen LogP contribution >= 0.6 is 0 Å². The van der Waals surface area contributed by atoms with Crippen LogP contribution in [0.3, 0.4) is 0 Å². The molecule has 0 saturated carbocycles. The summed E-state index contributed by atoms with van der Waals surface area (Å²) in [5.74, 6) is 1.92. The van der Waals surface area contributed by atoms with Crippen molar-refractivity contribution >= 4 is 11.9 Å². The Morgan fingerprint density at radius 2 is 1.86 bits per heavy atom. The maximum atomic E-state index is 11.8. The molecule has 1 atom stereocenters. The highest BCUT2D eigenvalue weighted by molar-refractivity contribution is 5.80. The first-order valence-electron chi connectivity index (χ1n) is 10.9. The van der Waals surface area contributed by atoms with Crippen LogP contribution in [0.15, 0.2) is 29.3 Å². The molecule has 1 amide bonds. The van der Waals surface area contributed by atoms with Crippen LogP contribution in [0, 0.1) is 5.92 Å². The highest BCUT2D eigenvalue weighted by Crippen LogP contribution is 2.15. The molecule has 0 spiro atoms. The van der Waals surface area contributed by atoms with Crippen molar-refractivity contribution in [1.82, 2.24) is 15.5 Å². The first-order chi connectivity index (χ1) is 13.5. The summed E-state index contributed by atoms with van der Waals surface area (Å²) >= 11 is 0. The van der Waals surface area contributed by atoms with Gasteiger partial charge in [0.05, 0.1) is 6.54 Å². The van der Waals surface area contributed by atoms with Crippen LogP contribution in [0.5, 0.6) is 0 Å². The molecule has 1 heterocycles. The van der Waals surface area contributed by atoms with Gasteiger partial charge in [-0.1, -0.05) is 51.0 Å². The van der Waals surface area contributed by atoms with E-state index in [2.05, 4.69) is 62.6 Å². The molecule has 2 rings (SSSR count). The van der Waals surface area contributed by atoms with Crippen molar-refractivity contribution in [2.24, 2.45) is 10.9 Å². The lowest BCUT2D eigenvalue weighted by molar-refractivity contribution is -0.128. The quantitative estimate of drug-likeness (QED) is 0.471. The number of aliphatic imine (C=N–C) groups is 1. The van der Waals surface area contributed by atoms with Crippen molar-refractivity contribution in [3.05, 3.63) is 35.4 Å². The SMILES string of the molecule is CCNC(=NCc1ccc(CN2CCCC2=O)cc1)NC(C)CCCC(C)C. The number of nitrogens with zero attached hydrogens (tertiary/aromatic N) is 2. The molecule has 1 aromatic carbocycles. The van der Waals surface area contributed by atoms with E-state index < -0.39 is 0 Å². The highest BCUT2D eigenvalue weighted by atomic mass is 16.2. The van der Waals surface area contributed by atoms with Gasteiger partial charge >= 0.3 is 0 Å². The zero-order chi connectivity index (χ0) is 20.4. The first kappa shape index (κ1) is 22.3. The van der Waals surface area contributed by atoms with Gasteiger partial charge in [0.25, 0.3) is 0 Å². The fourth-order valence-corrected chi connectivity index (χ4v) is 3.47. The Labute approximate surface area is 171 Å². The fourth-order valence-electron chi connectivity index (χ4n) is 3.47. The second-order valence-corrected chi connectivity index (χ2v) is 8.30. The molecule has 5 nitrogen and oxygen atoms in total. The van der Waals surface area contributed by atoms with E-state index in [0.29, 0.717) is 19.0 Å². The Morgan fingerprint density at radius 1 is 1.14 bits per heavy atom. The minimum Gasteiger partial charge on any atom is -0.357 e. The number of likely N-dealkylation sites (tertiary alicyclic amines) is 1. The molecular formula is C23H38N4O. The summed E-state index contributed by atoms with van der Waals surface area (Å²) in [6, 6.07) is 8.89. The average molecular weight is 387 g/mol. The third kappa shape index (κ3) is 7.91. The van der Waals surface area contributed by atoms with E-state index >= 15 is 0 Å². The molecule has 0 aromatic heterocycles. The van der Waals surface area contributed by atoms with Crippen LogP contribution in [0.1, 0.15) is 70.9 Å². The Kier molecular flexibility index (Phi) is 9.32. The van der Waals surface area contributed by atoms with Gasteiger partial charge in [0.1, 0.15) is 0 Å². The normalized spacial score (nSPS) is 16.0. The molecule has 0 bridgehead atoms. The van der Waals surface area contributed by atoms with Crippen LogP contribution < -0.4 is 10.6 Å². The third-order valence-corrected chi connectivity index (χ3v) is 5.13. The monoisotopic (exact) mass is 386 g/mol. The van der Waals surface area contributed by atoms with Gasteiger partial charge in [0, 0.05) is 32.1 Å². The standard InChI is InChI=1S/C23H38N4O/c1-5-24-23(26-19(4)9-6-8-18(2)3)25-16-20-11-13-21(14-12-20)17-27-15-7-10-22(27)28/h11-14,18-19H,5-10,15-17H2,1-4H3,(H2,24,25,26). The minimum atomic E-state index is 0.276. The molecule has 1 aliphatic rings. The number of carbonyl (C=O) groups excluding carboxylic acids is 1. The molecular weight excluding hydrogens is 348 g/mol. The summed E-state index contributed by atoms with van der Waals surface area (Å²) in [7, 11) is 0. The molecule has 1 aliphatic heterocycles. The molecule has 2 N–H and O–H groups in total. The average Bonchev–Trinajstić information content (AvgIpc) is 3.05. The lowest BCUT2D eigenvalue weighted by Gasteiger charge is -2.18. The van der Waals surface area contributed by atoms with Crippen LogP contribution in [-0.2, 0) is 17.9 Å². The minimum absolute atomic E-state index is 0.276. The summed E-state index contributed by atoms with van der Waals surface area (Å²) in [6.45, 7) is 12.0. The molecule has 1 unspecified atom stereocenters. The van der Waals surface area contributed by atoms with Crippen LogP contribution in [0.25, 0.3) is 0 Å². The molecule has 1 fully saturated rings. The van der Waals surface area contributed by atoms with Crippen LogP contribution in [-0.4, -0.2) is 35.9 Å². The number of carbonyl (C=O) groups is 1. The number of amides is 1. The fraction of sp³-hybridized carbons (Fsp3) is 0.652. The van der Waals surface area contributed by atoms with Gasteiger partial charge in [-0.3, -0.25) is 4.79 Å². The van der Waals surface area contributed by atoms with E-state index in [0.717, 1.165) is 44.4 Å². The molecule has 1 aromatic rings. The van der Waals surface area contributed by atoms with Crippen LogP contribution in [0.4, 0.5) is 0 Å². The van der Waals surface area contributed by atoms with Gasteiger partial charge in [-0.05, 0) is 43.7 Å². The predicted molar refractivity (Wildman–Crippen MR) is 117 cm³/mol. The maximum absolute atomic E-state index is 11.8. The third-order valence-electron chi connectivity index (χ3n) is 5.13.